The average Bonchev–Trinajstić information content (AvgIpc) is 3.58. The van der Waals surface area contributed by atoms with Crippen molar-refractivity contribution in [1.29, 1.82) is 0 Å². The van der Waals surface area contributed by atoms with Crippen LogP contribution in [0.5, 0.6) is 5.75 Å². The van der Waals surface area contributed by atoms with Crippen molar-refractivity contribution in [3.05, 3.63) is 65.8 Å². The van der Waals surface area contributed by atoms with Gasteiger partial charge in [0.05, 0.1) is 29.3 Å². The zero-order valence-corrected chi connectivity index (χ0v) is 22.2. The second-order valence-electron chi connectivity index (χ2n) is 8.48. The number of rotatable bonds is 8. The topological polar surface area (TPSA) is 92.7 Å². The van der Waals surface area contributed by atoms with E-state index in [0.29, 0.717) is 41.9 Å². The van der Waals surface area contributed by atoms with Crippen LogP contribution in [0.3, 0.4) is 0 Å². The third-order valence-electron chi connectivity index (χ3n) is 6.04. The Morgan fingerprint density at radius 2 is 2.14 bits per heavy atom. The highest BCUT2D eigenvalue weighted by atomic mass is 32.2. The fourth-order valence-corrected chi connectivity index (χ4v) is 7.97. The fraction of sp³-hybridized carbons (Fsp3) is 0.320. The summed E-state index contributed by atoms with van der Waals surface area (Å²) in [6.07, 6.45) is 4.67. The van der Waals surface area contributed by atoms with Crippen LogP contribution in [0, 0.1) is 5.92 Å². The third-order valence-corrected chi connectivity index (χ3v) is 10.3. The molecule has 36 heavy (non-hydrogen) atoms. The van der Waals surface area contributed by atoms with Crippen LogP contribution in [0.25, 0.3) is 10.2 Å². The molecule has 1 saturated heterocycles. The number of carbonyl (C=O) groups is 1. The number of hydrogen-bond donors (Lipinski definition) is 0. The molecule has 0 aliphatic carbocycles. The minimum Gasteiger partial charge on any atom is -0.494 e. The standard InChI is InChI=1S/C25H26N4O4S3/c1-2-33-20-9-10-21-22(14-20)35-25(27-21)29(16-18-6-3-11-26-15-18)24(30)19-7-4-12-28(17-19)36(31,32)23-8-5-13-34-23/h3,5-6,8-11,13-15,19H,2,4,7,12,16-17H2,1H3. The summed E-state index contributed by atoms with van der Waals surface area (Å²) < 4.78 is 34.6. The summed E-state index contributed by atoms with van der Waals surface area (Å²) in [4.78, 5) is 24.6. The number of ether oxygens (including phenoxy) is 1. The molecule has 11 heteroatoms. The van der Waals surface area contributed by atoms with E-state index in [1.807, 2.05) is 37.3 Å². The Hall–Kier alpha value is -2.86. The molecule has 0 radical (unpaired) electrons. The maximum absolute atomic E-state index is 13.9. The van der Waals surface area contributed by atoms with Crippen LogP contribution in [0.15, 0.2) is 64.4 Å². The van der Waals surface area contributed by atoms with E-state index in [9.17, 15) is 13.2 Å². The van der Waals surface area contributed by atoms with Gasteiger partial charge in [0.2, 0.25) is 5.91 Å². The molecule has 1 fully saturated rings. The van der Waals surface area contributed by atoms with Crippen molar-refractivity contribution in [2.45, 2.75) is 30.5 Å². The van der Waals surface area contributed by atoms with Crippen molar-refractivity contribution in [2.24, 2.45) is 5.92 Å². The van der Waals surface area contributed by atoms with Crippen LogP contribution in [0.4, 0.5) is 5.13 Å². The Labute approximate surface area is 218 Å². The first-order valence-electron chi connectivity index (χ1n) is 11.7. The molecule has 3 aromatic heterocycles. The Balaban J connectivity index is 1.45. The van der Waals surface area contributed by atoms with Gasteiger partial charge in [0.25, 0.3) is 10.0 Å². The van der Waals surface area contributed by atoms with Crippen molar-refractivity contribution in [2.75, 3.05) is 24.6 Å². The Bertz CT molecular complexity index is 1440. The summed E-state index contributed by atoms with van der Waals surface area (Å²) in [6.45, 7) is 3.37. The molecule has 0 saturated carbocycles. The van der Waals surface area contributed by atoms with E-state index in [-0.39, 0.29) is 12.5 Å². The predicted molar refractivity (Wildman–Crippen MR) is 142 cm³/mol. The van der Waals surface area contributed by atoms with E-state index in [1.165, 1.54) is 27.0 Å². The number of amides is 1. The largest absolute Gasteiger partial charge is 0.494 e. The predicted octanol–water partition coefficient (Wildman–Crippen LogP) is 4.79. The molecule has 0 spiro atoms. The van der Waals surface area contributed by atoms with Gasteiger partial charge < -0.3 is 4.74 Å². The number of nitrogens with zero attached hydrogens (tertiary/aromatic N) is 4. The number of carbonyl (C=O) groups excluding carboxylic acids is 1. The van der Waals surface area contributed by atoms with Gasteiger partial charge in [-0.3, -0.25) is 14.7 Å². The van der Waals surface area contributed by atoms with Gasteiger partial charge in [-0.15, -0.1) is 11.3 Å². The number of thiophene rings is 1. The van der Waals surface area contributed by atoms with E-state index < -0.39 is 15.9 Å². The van der Waals surface area contributed by atoms with Crippen LogP contribution in [0.2, 0.25) is 0 Å². The summed E-state index contributed by atoms with van der Waals surface area (Å²) >= 11 is 2.62. The van der Waals surface area contributed by atoms with Crippen LogP contribution in [0.1, 0.15) is 25.3 Å². The SMILES string of the molecule is CCOc1ccc2nc(N(Cc3cccnc3)C(=O)C3CCCN(S(=O)(=O)c4cccs4)C3)sc2c1. The van der Waals surface area contributed by atoms with Crippen molar-refractivity contribution >= 4 is 54.0 Å². The highest BCUT2D eigenvalue weighted by Crippen LogP contribution is 2.34. The Morgan fingerprint density at radius 1 is 1.25 bits per heavy atom. The number of sulfonamides is 1. The van der Waals surface area contributed by atoms with Gasteiger partial charge in [0.15, 0.2) is 5.13 Å². The quantitative estimate of drug-likeness (QED) is 0.318. The number of piperidine rings is 1. The van der Waals surface area contributed by atoms with Gasteiger partial charge in [-0.1, -0.05) is 23.5 Å². The maximum Gasteiger partial charge on any atom is 0.252 e. The molecule has 188 valence electrons. The van der Waals surface area contributed by atoms with Crippen molar-refractivity contribution < 1.29 is 17.9 Å². The Morgan fingerprint density at radius 3 is 2.89 bits per heavy atom. The van der Waals surface area contributed by atoms with E-state index >= 15 is 0 Å². The number of anilines is 1. The molecule has 1 aromatic carbocycles. The molecule has 5 rings (SSSR count). The van der Waals surface area contributed by atoms with Crippen LogP contribution < -0.4 is 9.64 Å². The normalized spacial score (nSPS) is 16.8. The Kier molecular flexibility index (Phi) is 7.33. The molecule has 4 heterocycles. The first-order chi connectivity index (χ1) is 17.5. The van der Waals surface area contributed by atoms with Crippen molar-refractivity contribution in [1.82, 2.24) is 14.3 Å². The second-order valence-corrected chi connectivity index (χ2v) is 12.6. The van der Waals surface area contributed by atoms with Crippen molar-refractivity contribution in [3.63, 3.8) is 0 Å². The van der Waals surface area contributed by atoms with E-state index in [4.69, 9.17) is 9.72 Å². The van der Waals surface area contributed by atoms with Crippen molar-refractivity contribution in [3.8, 4) is 5.75 Å². The van der Waals surface area contributed by atoms with Gasteiger partial charge >= 0.3 is 0 Å². The van der Waals surface area contributed by atoms with Gasteiger partial charge in [0.1, 0.15) is 9.96 Å². The number of thiazole rings is 1. The number of hydrogen-bond acceptors (Lipinski definition) is 8. The van der Waals surface area contributed by atoms with E-state index in [0.717, 1.165) is 21.5 Å². The molecule has 0 bridgehead atoms. The number of pyridine rings is 1. The lowest BCUT2D eigenvalue weighted by Gasteiger charge is -2.33. The lowest BCUT2D eigenvalue weighted by Crippen LogP contribution is -2.46. The summed E-state index contributed by atoms with van der Waals surface area (Å²) in [7, 11) is -3.62. The number of fused-ring (bicyclic) bond motifs is 1. The van der Waals surface area contributed by atoms with Crippen LogP contribution in [-0.2, 0) is 21.4 Å². The maximum atomic E-state index is 13.9. The molecule has 1 aliphatic heterocycles. The highest BCUT2D eigenvalue weighted by Gasteiger charge is 2.36. The van der Waals surface area contributed by atoms with Crippen LogP contribution in [-0.4, -0.2) is 48.3 Å². The first kappa shape index (κ1) is 24.8. The van der Waals surface area contributed by atoms with E-state index in [2.05, 4.69) is 4.98 Å². The minimum atomic E-state index is -3.62. The molecule has 1 amide bonds. The molecule has 1 atom stereocenters. The molecule has 4 aromatic rings. The summed E-state index contributed by atoms with van der Waals surface area (Å²) in [5.41, 5.74) is 1.66. The molecule has 8 nitrogen and oxygen atoms in total. The van der Waals surface area contributed by atoms with Gasteiger partial charge in [-0.05, 0) is 61.0 Å². The first-order valence-corrected chi connectivity index (χ1v) is 14.9. The molecule has 1 aliphatic rings. The van der Waals surface area contributed by atoms with Gasteiger partial charge in [0, 0.05) is 25.5 Å². The molecule has 1 unspecified atom stereocenters. The minimum absolute atomic E-state index is 0.131. The zero-order chi connectivity index (χ0) is 25.1. The number of benzene rings is 1. The third kappa shape index (κ3) is 5.15. The lowest BCUT2D eigenvalue weighted by molar-refractivity contribution is -0.123. The highest BCUT2D eigenvalue weighted by molar-refractivity contribution is 7.91. The summed E-state index contributed by atoms with van der Waals surface area (Å²) in [5.74, 6) is 0.164. The summed E-state index contributed by atoms with van der Waals surface area (Å²) in [5, 5.41) is 2.32. The second kappa shape index (κ2) is 10.6. The van der Waals surface area contributed by atoms with E-state index in [1.54, 1.807) is 34.8 Å². The molecular weight excluding hydrogens is 517 g/mol. The lowest BCUT2D eigenvalue weighted by atomic mass is 9.98. The zero-order valence-electron chi connectivity index (χ0n) is 19.7. The van der Waals surface area contributed by atoms with Gasteiger partial charge in [-0.25, -0.2) is 13.4 Å². The number of aromatic nitrogens is 2. The summed E-state index contributed by atoms with van der Waals surface area (Å²) in [6, 6.07) is 12.8. The van der Waals surface area contributed by atoms with Gasteiger partial charge in [-0.2, -0.15) is 4.31 Å². The average molecular weight is 543 g/mol. The smallest absolute Gasteiger partial charge is 0.252 e. The molecular formula is C25H26N4O4S3. The van der Waals surface area contributed by atoms with Crippen LogP contribution >= 0.6 is 22.7 Å². The molecule has 0 N–H and O–H groups in total. The fourth-order valence-electron chi connectivity index (χ4n) is 4.30. The monoisotopic (exact) mass is 542 g/mol.